The van der Waals surface area contributed by atoms with E-state index in [1.807, 2.05) is 12.2 Å². The molecule has 1 unspecified atom stereocenters. The highest BCUT2D eigenvalue weighted by Crippen LogP contribution is 2.34. The summed E-state index contributed by atoms with van der Waals surface area (Å²) in [6, 6.07) is 0. The van der Waals surface area contributed by atoms with Gasteiger partial charge in [0.25, 0.3) is 0 Å². The molecule has 82 valence electrons. The summed E-state index contributed by atoms with van der Waals surface area (Å²) in [6.07, 6.45) is 5.16. The van der Waals surface area contributed by atoms with Crippen molar-refractivity contribution in [1.29, 1.82) is 0 Å². The van der Waals surface area contributed by atoms with Gasteiger partial charge in [-0.1, -0.05) is 28.1 Å². The van der Waals surface area contributed by atoms with Crippen molar-refractivity contribution in [1.82, 2.24) is 4.90 Å². The van der Waals surface area contributed by atoms with Crippen molar-refractivity contribution >= 4 is 21.8 Å². The van der Waals surface area contributed by atoms with Crippen LogP contribution in [-0.4, -0.2) is 30.6 Å². The molecular formula is C11H13BrFNO. The molecule has 1 amide bonds. The number of rotatable bonds is 3. The van der Waals surface area contributed by atoms with E-state index in [9.17, 15) is 9.18 Å². The van der Waals surface area contributed by atoms with E-state index < -0.39 is 0 Å². The summed E-state index contributed by atoms with van der Waals surface area (Å²) >= 11 is 3.44. The first-order valence-electron chi connectivity index (χ1n) is 5.14. The van der Waals surface area contributed by atoms with E-state index in [0.29, 0.717) is 18.9 Å². The van der Waals surface area contributed by atoms with Crippen LogP contribution < -0.4 is 0 Å². The normalized spacial score (nSPS) is 25.1. The summed E-state index contributed by atoms with van der Waals surface area (Å²) in [5.41, 5.74) is 0.886. The maximum Gasteiger partial charge on any atom is 0.250 e. The molecule has 0 aromatic rings. The molecule has 0 aromatic carbocycles. The van der Waals surface area contributed by atoms with Crippen LogP contribution in [0.3, 0.4) is 0 Å². The largest absolute Gasteiger partial charge is 0.338 e. The van der Waals surface area contributed by atoms with E-state index in [4.69, 9.17) is 0 Å². The Labute approximate surface area is 97.0 Å². The molecule has 0 aromatic heterocycles. The molecule has 2 rings (SSSR count). The lowest BCUT2D eigenvalue weighted by Gasteiger charge is -2.14. The number of likely N-dealkylation sites (tertiary alicyclic amines) is 1. The molecule has 0 N–H and O–H groups in total. The minimum atomic E-state index is -0.352. The van der Waals surface area contributed by atoms with Gasteiger partial charge in [-0.05, 0) is 17.3 Å². The van der Waals surface area contributed by atoms with Gasteiger partial charge in [0.15, 0.2) is 0 Å². The van der Waals surface area contributed by atoms with Gasteiger partial charge >= 0.3 is 0 Å². The quantitative estimate of drug-likeness (QED) is 0.774. The number of allylic oxidation sites excluding steroid dienone is 3. The van der Waals surface area contributed by atoms with Crippen LogP contribution >= 0.6 is 15.9 Å². The van der Waals surface area contributed by atoms with Crippen molar-refractivity contribution < 1.29 is 9.18 Å². The minimum Gasteiger partial charge on any atom is -0.338 e. The SMILES string of the molecule is O=C1C2=CC=C(Br)CC2CN1CCCF. The Morgan fingerprint density at radius 1 is 1.53 bits per heavy atom. The monoisotopic (exact) mass is 273 g/mol. The third kappa shape index (κ3) is 2.14. The van der Waals surface area contributed by atoms with Gasteiger partial charge in [0, 0.05) is 24.6 Å². The Balaban J connectivity index is 2.05. The van der Waals surface area contributed by atoms with Crippen LogP contribution in [-0.2, 0) is 4.79 Å². The Bertz CT molecular complexity index is 337. The molecular weight excluding hydrogens is 261 g/mol. The van der Waals surface area contributed by atoms with Crippen molar-refractivity contribution in [3.63, 3.8) is 0 Å². The van der Waals surface area contributed by atoms with Gasteiger partial charge in [-0.2, -0.15) is 0 Å². The van der Waals surface area contributed by atoms with Gasteiger partial charge < -0.3 is 4.90 Å². The number of nitrogens with zero attached hydrogens (tertiary/aromatic N) is 1. The van der Waals surface area contributed by atoms with Gasteiger partial charge in [-0.25, -0.2) is 0 Å². The molecule has 2 nitrogen and oxygen atoms in total. The van der Waals surface area contributed by atoms with Crippen molar-refractivity contribution in [3.05, 3.63) is 22.2 Å². The summed E-state index contributed by atoms with van der Waals surface area (Å²) < 4.78 is 13.2. The predicted molar refractivity (Wildman–Crippen MR) is 60.4 cm³/mol. The van der Waals surface area contributed by atoms with Crippen LogP contribution in [0.2, 0.25) is 0 Å². The van der Waals surface area contributed by atoms with E-state index in [2.05, 4.69) is 15.9 Å². The average molecular weight is 274 g/mol. The van der Waals surface area contributed by atoms with Gasteiger partial charge in [0.05, 0.1) is 6.67 Å². The first-order chi connectivity index (χ1) is 7.22. The third-order valence-corrected chi connectivity index (χ3v) is 3.45. The molecule has 1 saturated heterocycles. The average Bonchev–Trinajstić information content (AvgIpc) is 2.52. The topological polar surface area (TPSA) is 20.3 Å². The van der Waals surface area contributed by atoms with Crippen molar-refractivity contribution in [2.24, 2.45) is 5.92 Å². The van der Waals surface area contributed by atoms with E-state index >= 15 is 0 Å². The summed E-state index contributed by atoms with van der Waals surface area (Å²) in [5.74, 6) is 0.390. The fourth-order valence-electron chi connectivity index (χ4n) is 2.11. The second-order valence-electron chi connectivity index (χ2n) is 3.93. The molecule has 1 aliphatic heterocycles. The van der Waals surface area contributed by atoms with Crippen LogP contribution in [0, 0.1) is 5.92 Å². The molecule has 1 atom stereocenters. The zero-order valence-corrected chi connectivity index (χ0v) is 9.96. The lowest BCUT2D eigenvalue weighted by atomic mass is 9.94. The standard InChI is InChI=1S/C11H13BrFNO/c12-9-2-3-10-8(6-9)7-14(11(10)15)5-1-4-13/h2-3,8H,1,4-7H2. The van der Waals surface area contributed by atoms with Crippen LogP contribution in [0.15, 0.2) is 22.2 Å². The molecule has 1 heterocycles. The molecule has 2 aliphatic rings. The number of carbonyl (C=O) groups is 1. The molecule has 0 spiro atoms. The maximum atomic E-state index is 12.0. The predicted octanol–water partition coefficient (Wildman–Crippen LogP) is 2.41. The second-order valence-corrected chi connectivity index (χ2v) is 4.95. The summed E-state index contributed by atoms with van der Waals surface area (Å²) in [7, 11) is 0. The Hall–Kier alpha value is -0.640. The van der Waals surface area contributed by atoms with Gasteiger partial charge in [0.2, 0.25) is 5.91 Å². The summed E-state index contributed by atoms with van der Waals surface area (Å²) in [6.45, 7) is 0.934. The molecule has 4 heteroatoms. The van der Waals surface area contributed by atoms with Gasteiger partial charge in [-0.3, -0.25) is 9.18 Å². The summed E-state index contributed by atoms with van der Waals surface area (Å²) in [4.78, 5) is 13.6. The Morgan fingerprint density at radius 3 is 3.07 bits per heavy atom. The fourth-order valence-corrected chi connectivity index (χ4v) is 2.64. The number of fused-ring (bicyclic) bond motifs is 1. The van der Waals surface area contributed by atoms with Crippen LogP contribution in [0.1, 0.15) is 12.8 Å². The van der Waals surface area contributed by atoms with E-state index in [1.54, 1.807) is 4.90 Å². The number of alkyl halides is 1. The first kappa shape index (κ1) is 10.9. The minimum absolute atomic E-state index is 0.0877. The molecule has 0 radical (unpaired) electrons. The molecule has 0 bridgehead atoms. The molecule has 1 fully saturated rings. The molecule has 0 saturated carbocycles. The molecule has 1 aliphatic carbocycles. The van der Waals surface area contributed by atoms with Crippen molar-refractivity contribution in [2.75, 3.05) is 19.8 Å². The van der Waals surface area contributed by atoms with E-state index in [0.717, 1.165) is 23.0 Å². The van der Waals surface area contributed by atoms with Gasteiger partial charge in [0.1, 0.15) is 0 Å². The second kappa shape index (κ2) is 4.47. The highest BCUT2D eigenvalue weighted by Gasteiger charge is 2.35. The van der Waals surface area contributed by atoms with Crippen LogP contribution in [0.25, 0.3) is 0 Å². The third-order valence-electron chi connectivity index (χ3n) is 2.86. The van der Waals surface area contributed by atoms with Crippen LogP contribution in [0.4, 0.5) is 4.39 Å². The van der Waals surface area contributed by atoms with Crippen molar-refractivity contribution in [2.45, 2.75) is 12.8 Å². The lowest BCUT2D eigenvalue weighted by Crippen LogP contribution is -2.26. The highest BCUT2D eigenvalue weighted by molar-refractivity contribution is 9.11. The smallest absolute Gasteiger partial charge is 0.250 e. The zero-order valence-electron chi connectivity index (χ0n) is 8.38. The number of halogens is 2. The zero-order chi connectivity index (χ0) is 10.8. The maximum absolute atomic E-state index is 12.0. The lowest BCUT2D eigenvalue weighted by molar-refractivity contribution is -0.124. The highest BCUT2D eigenvalue weighted by atomic mass is 79.9. The Morgan fingerprint density at radius 2 is 2.33 bits per heavy atom. The van der Waals surface area contributed by atoms with Crippen molar-refractivity contribution in [3.8, 4) is 0 Å². The number of carbonyl (C=O) groups excluding carboxylic acids is 1. The number of amides is 1. The van der Waals surface area contributed by atoms with Crippen LogP contribution in [0.5, 0.6) is 0 Å². The summed E-state index contributed by atoms with van der Waals surface area (Å²) in [5, 5.41) is 0. The fraction of sp³-hybridized carbons (Fsp3) is 0.545. The first-order valence-corrected chi connectivity index (χ1v) is 5.93. The van der Waals surface area contributed by atoms with E-state index in [-0.39, 0.29) is 12.6 Å². The van der Waals surface area contributed by atoms with Gasteiger partial charge in [-0.15, -0.1) is 0 Å². The molecule has 15 heavy (non-hydrogen) atoms. The van der Waals surface area contributed by atoms with E-state index in [1.165, 1.54) is 0 Å². The Kier molecular flexibility index (Phi) is 3.24. The number of hydrogen-bond acceptors (Lipinski definition) is 1. The number of hydrogen-bond donors (Lipinski definition) is 0.